The molecule has 0 bridgehead atoms. The van der Waals surface area contributed by atoms with Crippen molar-refractivity contribution >= 4 is 33.7 Å². The first-order valence-corrected chi connectivity index (χ1v) is 7.72. The summed E-state index contributed by atoms with van der Waals surface area (Å²) in [5, 5.41) is 2.73. The Kier molecular flexibility index (Phi) is 5.72. The predicted octanol–water partition coefficient (Wildman–Crippen LogP) is 4.20. The molecule has 0 fully saturated rings. The van der Waals surface area contributed by atoms with Crippen LogP contribution in [0, 0.1) is 6.92 Å². The highest BCUT2D eigenvalue weighted by molar-refractivity contribution is 9.10. The van der Waals surface area contributed by atoms with Crippen LogP contribution < -0.4 is 10.1 Å². The van der Waals surface area contributed by atoms with Gasteiger partial charge in [0.1, 0.15) is 11.6 Å². The van der Waals surface area contributed by atoms with E-state index in [-0.39, 0.29) is 5.91 Å². The zero-order chi connectivity index (χ0) is 15.9. The van der Waals surface area contributed by atoms with E-state index >= 15 is 0 Å². The maximum absolute atomic E-state index is 11.9. The second-order valence-electron chi connectivity index (χ2n) is 4.64. The lowest BCUT2D eigenvalue weighted by molar-refractivity contribution is -0.111. The lowest BCUT2D eigenvalue weighted by atomic mass is 10.2. The molecule has 2 rings (SSSR count). The smallest absolute Gasteiger partial charge is 0.249 e. The predicted molar refractivity (Wildman–Crippen MR) is 91.9 cm³/mol. The number of aromatic nitrogens is 1. The number of amides is 1. The summed E-state index contributed by atoms with van der Waals surface area (Å²) in [5.41, 5.74) is 1.94. The van der Waals surface area contributed by atoms with Crippen LogP contribution in [0.2, 0.25) is 0 Å². The highest BCUT2D eigenvalue weighted by Gasteiger charge is 2.02. The van der Waals surface area contributed by atoms with E-state index in [4.69, 9.17) is 4.74 Å². The van der Waals surface area contributed by atoms with Gasteiger partial charge >= 0.3 is 0 Å². The number of rotatable bonds is 5. The number of ether oxygens (including phenoxy) is 1. The number of carbonyl (C=O) groups excluding carboxylic acids is 1. The van der Waals surface area contributed by atoms with Crippen molar-refractivity contribution < 1.29 is 9.53 Å². The number of benzene rings is 1. The molecule has 5 heteroatoms. The minimum absolute atomic E-state index is 0.219. The van der Waals surface area contributed by atoms with Crippen LogP contribution >= 0.6 is 15.9 Å². The van der Waals surface area contributed by atoms with Crippen molar-refractivity contribution in [3.8, 4) is 5.75 Å². The Morgan fingerprint density at radius 3 is 2.73 bits per heavy atom. The first-order valence-electron chi connectivity index (χ1n) is 6.92. The monoisotopic (exact) mass is 360 g/mol. The van der Waals surface area contributed by atoms with Crippen molar-refractivity contribution in [2.45, 2.75) is 13.8 Å². The average molecular weight is 361 g/mol. The Labute approximate surface area is 138 Å². The van der Waals surface area contributed by atoms with Gasteiger partial charge in [-0.3, -0.25) is 4.79 Å². The van der Waals surface area contributed by atoms with E-state index in [2.05, 4.69) is 26.2 Å². The van der Waals surface area contributed by atoms with E-state index in [1.807, 2.05) is 44.2 Å². The standard InChI is InChI=1S/C17H17BrN2O2/c1-3-22-14-7-4-13(5-8-14)6-9-17(21)20-16-10-12(2)15(18)11-19-16/h4-11H,3H2,1-2H3,(H,19,20,21)/b9-6+. The average Bonchev–Trinajstić information content (AvgIpc) is 2.51. The van der Waals surface area contributed by atoms with Gasteiger partial charge in [-0.2, -0.15) is 0 Å². The van der Waals surface area contributed by atoms with E-state index < -0.39 is 0 Å². The largest absolute Gasteiger partial charge is 0.494 e. The van der Waals surface area contributed by atoms with Gasteiger partial charge in [-0.05, 0) is 65.2 Å². The highest BCUT2D eigenvalue weighted by atomic mass is 79.9. The SMILES string of the molecule is CCOc1ccc(/C=C/C(=O)Nc2cc(C)c(Br)cn2)cc1. The highest BCUT2D eigenvalue weighted by Crippen LogP contribution is 2.17. The van der Waals surface area contributed by atoms with Gasteiger partial charge in [0.2, 0.25) is 5.91 Å². The maximum Gasteiger partial charge on any atom is 0.249 e. The number of pyridine rings is 1. The number of carbonyl (C=O) groups is 1. The lowest BCUT2D eigenvalue weighted by Crippen LogP contribution is -2.09. The first kappa shape index (κ1) is 16.2. The van der Waals surface area contributed by atoms with E-state index in [1.165, 1.54) is 6.08 Å². The second-order valence-corrected chi connectivity index (χ2v) is 5.50. The van der Waals surface area contributed by atoms with Gasteiger partial charge in [-0.25, -0.2) is 4.98 Å². The Morgan fingerprint density at radius 1 is 1.36 bits per heavy atom. The summed E-state index contributed by atoms with van der Waals surface area (Å²) in [4.78, 5) is 16.0. The van der Waals surface area contributed by atoms with Crippen molar-refractivity contribution in [3.63, 3.8) is 0 Å². The molecule has 0 aliphatic heterocycles. The van der Waals surface area contributed by atoms with Crippen LogP contribution in [0.1, 0.15) is 18.1 Å². The molecule has 0 aliphatic carbocycles. The van der Waals surface area contributed by atoms with Gasteiger partial charge < -0.3 is 10.1 Å². The molecule has 0 radical (unpaired) electrons. The lowest BCUT2D eigenvalue weighted by Gasteiger charge is -2.04. The van der Waals surface area contributed by atoms with Crippen molar-refractivity contribution in [2.24, 2.45) is 0 Å². The van der Waals surface area contributed by atoms with Crippen LogP contribution in [0.25, 0.3) is 6.08 Å². The minimum Gasteiger partial charge on any atom is -0.494 e. The van der Waals surface area contributed by atoms with Crippen LogP contribution in [0.5, 0.6) is 5.75 Å². The number of anilines is 1. The number of halogens is 1. The molecule has 114 valence electrons. The third-order valence-electron chi connectivity index (χ3n) is 2.92. The molecular formula is C17H17BrN2O2. The Bertz CT molecular complexity index is 682. The van der Waals surface area contributed by atoms with Crippen LogP contribution in [-0.2, 0) is 4.79 Å². The molecule has 0 atom stereocenters. The number of hydrogen-bond acceptors (Lipinski definition) is 3. The van der Waals surface area contributed by atoms with Gasteiger partial charge in [-0.1, -0.05) is 12.1 Å². The molecule has 1 aromatic heterocycles. The van der Waals surface area contributed by atoms with Crippen LogP contribution in [0.4, 0.5) is 5.82 Å². The number of aryl methyl sites for hydroxylation is 1. The zero-order valence-corrected chi connectivity index (χ0v) is 14.1. The Balaban J connectivity index is 1.97. The molecule has 0 saturated heterocycles. The third-order valence-corrected chi connectivity index (χ3v) is 3.75. The van der Waals surface area contributed by atoms with Crippen LogP contribution in [0.15, 0.2) is 47.1 Å². The number of nitrogens with zero attached hydrogens (tertiary/aromatic N) is 1. The molecule has 0 saturated carbocycles. The quantitative estimate of drug-likeness (QED) is 0.812. The normalized spacial score (nSPS) is 10.7. The van der Waals surface area contributed by atoms with Crippen LogP contribution in [0.3, 0.4) is 0 Å². The molecule has 1 N–H and O–H groups in total. The minimum atomic E-state index is -0.219. The summed E-state index contributed by atoms with van der Waals surface area (Å²) >= 11 is 3.37. The fraction of sp³-hybridized carbons (Fsp3) is 0.176. The Hall–Kier alpha value is -2.14. The van der Waals surface area contributed by atoms with Gasteiger partial charge in [0.05, 0.1) is 6.61 Å². The summed E-state index contributed by atoms with van der Waals surface area (Å²) in [7, 11) is 0. The van der Waals surface area contributed by atoms with Gasteiger partial charge in [-0.15, -0.1) is 0 Å². The molecule has 0 unspecified atom stereocenters. The fourth-order valence-electron chi connectivity index (χ4n) is 1.79. The summed E-state index contributed by atoms with van der Waals surface area (Å²) in [6.07, 6.45) is 4.90. The molecule has 4 nitrogen and oxygen atoms in total. The van der Waals surface area contributed by atoms with Crippen molar-refractivity contribution in [3.05, 3.63) is 58.2 Å². The van der Waals surface area contributed by atoms with Gasteiger partial charge in [0, 0.05) is 16.7 Å². The second kappa shape index (κ2) is 7.75. The first-order chi connectivity index (χ1) is 10.6. The molecule has 1 heterocycles. The third kappa shape index (κ3) is 4.70. The molecule has 0 aliphatic rings. The van der Waals surface area contributed by atoms with Crippen molar-refractivity contribution in [1.29, 1.82) is 0 Å². The van der Waals surface area contributed by atoms with E-state index in [0.717, 1.165) is 21.3 Å². The number of nitrogens with one attached hydrogen (secondary N) is 1. The van der Waals surface area contributed by atoms with E-state index in [1.54, 1.807) is 12.3 Å². The van der Waals surface area contributed by atoms with E-state index in [9.17, 15) is 4.79 Å². The van der Waals surface area contributed by atoms with Crippen molar-refractivity contribution in [2.75, 3.05) is 11.9 Å². The zero-order valence-electron chi connectivity index (χ0n) is 12.5. The maximum atomic E-state index is 11.9. The summed E-state index contributed by atoms with van der Waals surface area (Å²) < 4.78 is 6.28. The molecule has 22 heavy (non-hydrogen) atoms. The molecule has 1 aromatic carbocycles. The summed E-state index contributed by atoms with van der Waals surface area (Å²) in [5.74, 6) is 1.13. The Morgan fingerprint density at radius 2 is 2.09 bits per heavy atom. The summed E-state index contributed by atoms with van der Waals surface area (Å²) in [6, 6.07) is 9.36. The van der Waals surface area contributed by atoms with Crippen molar-refractivity contribution in [1.82, 2.24) is 4.98 Å². The fourth-order valence-corrected chi connectivity index (χ4v) is 2.01. The summed E-state index contributed by atoms with van der Waals surface area (Å²) in [6.45, 7) is 4.52. The molecule has 2 aromatic rings. The topological polar surface area (TPSA) is 51.2 Å². The van der Waals surface area contributed by atoms with Gasteiger partial charge in [0.25, 0.3) is 0 Å². The van der Waals surface area contributed by atoms with E-state index in [0.29, 0.717) is 12.4 Å². The van der Waals surface area contributed by atoms with Gasteiger partial charge in [0.15, 0.2) is 0 Å². The molecule has 0 spiro atoms. The van der Waals surface area contributed by atoms with Crippen LogP contribution in [-0.4, -0.2) is 17.5 Å². The molecular weight excluding hydrogens is 344 g/mol. The molecule has 1 amide bonds. The number of hydrogen-bond donors (Lipinski definition) is 1.